The first-order chi connectivity index (χ1) is 9.84. The third kappa shape index (κ3) is 8.09. The van der Waals surface area contributed by atoms with Crippen molar-refractivity contribution >= 4 is 5.82 Å². The minimum atomic E-state index is 0.580. The molecule has 0 radical (unpaired) electrons. The quantitative estimate of drug-likeness (QED) is 0.594. The topological polar surface area (TPSA) is 66.6 Å². The third-order valence-corrected chi connectivity index (χ3v) is 2.83. The molecule has 5 nitrogen and oxygen atoms in total. The largest absolute Gasteiger partial charge is 0.383 e. The van der Waals surface area contributed by atoms with Crippen molar-refractivity contribution in [3.05, 3.63) is 23.9 Å². The van der Waals surface area contributed by atoms with Crippen molar-refractivity contribution in [2.24, 2.45) is 0 Å². The number of unbranched alkanes of at least 4 members (excludes halogenated alkanes) is 1. The van der Waals surface area contributed by atoms with E-state index in [-0.39, 0.29) is 0 Å². The molecule has 0 saturated carbocycles. The minimum Gasteiger partial charge on any atom is -0.383 e. The SMILES string of the molecule is CCCCOCCOCCOCCc1cccnc1N. The number of nitrogens with zero attached hydrogens (tertiary/aromatic N) is 1. The van der Waals surface area contributed by atoms with Crippen LogP contribution in [0.2, 0.25) is 0 Å². The monoisotopic (exact) mass is 282 g/mol. The normalized spacial score (nSPS) is 10.8. The van der Waals surface area contributed by atoms with Crippen LogP contribution in [0.15, 0.2) is 18.3 Å². The lowest BCUT2D eigenvalue weighted by Gasteiger charge is -2.07. The standard InChI is InChI=1S/C15H26N2O3/c1-2-3-8-18-10-12-20-13-11-19-9-6-14-5-4-7-17-15(14)16/h4-5,7H,2-3,6,8-13H2,1H3,(H2,16,17). The molecule has 0 fully saturated rings. The molecule has 0 saturated heterocycles. The lowest BCUT2D eigenvalue weighted by molar-refractivity contribution is 0.0146. The second-order valence-electron chi connectivity index (χ2n) is 4.49. The first-order valence-corrected chi connectivity index (χ1v) is 7.27. The number of nitrogens with two attached hydrogens (primary N) is 1. The van der Waals surface area contributed by atoms with Gasteiger partial charge in [0.1, 0.15) is 5.82 Å². The van der Waals surface area contributed by atoms with E-state index in [9.17, 15) is 0 Å². The minimum absolute atomic E-state index is 0.580. The summed E-state index contributed by atoms with van der Waals surface area (Å²) in [7, 11) is 0. The molecule has 0 aromatic carbocycles. The molecule has 20 heavy (non-hydrogen) atoms. The van der Waals surface area contributed by atoms with Crippen LogP contribution in [0, 0.1) is 0 Å². The van der Waals surface area contributed by atoms with Gasteiger partial charge in [-0.1, -0.05) is 19.4 Å². The number of aromatic nitrogens is 1. The Morgan fingerprint density at radius 1 is 1.00 bits per heavy atom. The van der Waals surface area contributed by atoms with Crippen LogP contribution in [0.3, 0.4) is 0 Å². The molecular formula is C15H26N2O3. The number of ether oxygens (including phenoxy) is 3. The molecule has 1 rings (SSSR count). The summed E-state index contributed by atoms with van der Waals surface area (Å²) in [5.41, 5.74) is 6.77. The molecule has 0 unspecified atom stereocenters. The van der Waals surface area contributed by atoms with E-state index >= 15 is 0 Å². The summed E-state index contributed by atoms with van der Waals surface area (Å²) in [5, 5.41) is 0. The molecule has 0 aliphatic carbocycles. The Labute approximate surface area is 121 Å². The fourth-order valence-electron chi connectivity index (χ4n) is 1.63. The lowest BCUT2D eigenvalue weighted by atomic mass is 10.2. The average Bonchev–Trinajstić information content (AvgIpc) is 2.46. The van der Waals surface area contributed by atoms with E-state index in [0.717, 1.165) is 31.4 Å². The molecule has 0 atom stereocenters. The Morgan fingerprint density at radius 3 is 2.30 bits per heavy atom. The fourth-order valence-corrected chi connectivity index (χ4v) is 1.63. The molecule has 1 aromatic rings. The highest BCUT2D eigenvalue weighted by atomic mass is 16.5. The van der Waals surface area contributed by atoms with E-state index in [1.54, 1.807) is 6.20 Å². The van der Waals surface area contributed by atoms with Gasteiger partial charge in [-0.05, 0) is 24.5 Å². The van der Waals surface area contributed by atoms with Crippen molar-refractivity contribution in [3.63, 3.8) is 0 Å². The van der Waals surface area contributed by atoms with Crippen LogP contribution in [0.5, 0.6) is 0 Å². The van der Waals surface area contributed by atoms with E-state index in [0.29, 0.717) is 38.9 Å². The summed E-state index contributed by atoms with van der Waals surface area (Å²) in [6.07, 6.45) is 4.74. The predicted molar refractivity (Wildman–Crippen MR) is 79.7 cm³/mol. The number of hydrogen-bond donors (Lipinski definition) is 1. The zero-order valence-corrected chi connectivity index (χ0v) is 12.3. The van der Waals surface area contributed by atoms with E-state index in [2.05, 4.69) is 11.9 Å². The maximum atomic E-state index is 5.75. The molecule has 0 aliphatic heterocycles. The summed E-state index contributed by atoms with van der Waals surface area (Å²) in [5.74, 6) is 0.580. The van der Waals surface area contributed by atoms with E-state index < -0.39 is 0 Å². The van der Waals surface area contributed by atoms with Gasteiger partial charge < -0.3 is 19.9 Å². The Kier molecular flexibility index (Phi) is 9.83. The first-order valence-electron chi connectivity index (χ1n) is 7.27. The number of rotatable bonds is 12. The Bertz CT molecular complexity index is 348. The van der Waals surface area contributed by atoms with Crippen LogP contribution >= 0.6 is 0 Å². The van der Waals surface area contributed by atoms with Crippen molar-refractivity contribution in [3.8, 4) is 0 Å². The molecule has 114 valence electrons. The predicted octanol–water partition coefficient (Wildman–Crippen LogP) is 2.06. The van der Waals surface area contributed by atoms with Crippen molar-refractivity contribution < 1.29 is 14.2 Å². The van der Waals surface area contributed by atoms with Crippen molar-refractivity contribution in [2.45, 2.75) is 26.2 Å². The average molecular weight is 282 g/mol. The lowest BCUT2D eigenvalue weighted by Crippen LogP contribution is -2.11. The molecule has 5 heteroatoms. The third-order valence-electron chi connectivity index (χ3n) is 2.83. The summed E-state index contributed by atoms with van der Waals surface area (Å²) < 4.78 is 16.3. The van der Waals surface area contributed by atoms with Gasteiger partial charge in [-0.15, -0.1) is 0 Å². The summed E-state index contributed by atoms with van der Waals surface area (Å²) in [6.45, 7) is 6.08. The van der Waals surface area contributed by atoms with E-state index in [4.69, 9.17) is 19.9 Å². The van der Waals surface area contributed by atoms with Gasteiger partial charge in [0, 0.05) is 12.8 Å². The summed E-state index contributed by atoms with van der Waals surface area (Å²) in [4.78, 5) is 4.03. The van der Waals surface area contributed by atoms with E-state index in [1.165, 1.54) is 0 Å². The van der Waals surface area contributed by atoms with Gasteiger partial charge in [-0.25, -0.2) is 4.98 Å². The summed E-state index contributed by atoms with van der Waals surface area (Å²) >= 11 is 0. The van der Waals surface area contributed by atoms with Crippen LogP contribution in [0.25, 0.3) is 0 Å². The van der Waals surface area contributed by atoms with Gasteiger partial charge in [-0.2, -0.15) is 0 Å². The van der Waals surface area contributed by atoms with Gasteiger partial charge in [0.15, 0.2) is 0 Å². The highest BCUT2D eigenvalue weighted by Crippen LogP contribution is 2.07. The van der Waals surface area contributed by atoms with Crippen LogP contribution in [0.1, 0.15) is 25.3 Å². The molecule has 0 bridgehead atoms. The van der Waals surface area contributed by atoms with Gasteiger partial charge >= 0.3 is 0 Å². The van der Waals surface area contributed by atoms with Crippen LogP contribution in [-0.4, -0.2) is 44.6 Å². The summed E-state index contributed by atoms with van der Waals surface area (Å²) in [6, 6.07) is 3.85. The Morgan fingerprint density at radius 2 is 1.65 bits per heavy atom. The zero-order chi connectivity index (χ0) is 14.5. The maximum absolute atomic E-state index is 5.75. The fraction of sp³-hybridized carbons (Fsp3) is 0.667. The molecular weight excluding hydrogens is 256 g/mol. The van der Waals surface area contributed by atoms with Crippen LogP contribution < -0.4 is 5.73 Å². The molecule has 1 heterocycles. The van der Waals surface area contributed by atoms with Gasteiger partial charge in [-0.3, -0.25) is 0 Å². The Balaban J connectivity index is 1.87. The molecule has 0 aliphatic rings. The number of hydrogen-bond acceptors (Lipinski definition) is 5. The van der Waals surface area contributed by atoms with Crippen molar-refractivity contribution in [1.29, 1.82) is 0 Å². The van der Waals surface area contributed by atoms with Gasteiger partial charge in [0.25, 0.3) is 0 Å². The van der Waals surface area contributed by atoms with Crippen molar-refractivity contribution in [2.75, 3.05) is 45.4 Å². The highest BCUT2D eigenvalue weighted by molar-refractivity contribution is 5.38. The molecule has 1 aromatic heterocycles. The molecule has 0 amide bonds. The Hall–Kier alpha value is -1.17. The van der Waals surface area contributed by atoms with E-state index in [1.807, 2.05) is 12.1 Å². The number of anilines is 1. The number of nitrogen functional groups attached to an aromatic ring is 1. The second-order valence-corrected chi connectivity index (χ2v) is 4.49. The van der Waals surface area contributed by atoms with Crippen LogP contribution in [-0.2, 0) is 20.6 Å². The zero-order valence-electron chi connectivity index (χ0n) is 12.3. The smallest absolute Gasteiger partial charge is 0.126 e. The van der Waals surface area contributed by atoms with Crippen molar-refractivity contribution in [1.82, 2.24) is 4.98 Å². The molecule has 2 N–H and O–H groups in total. The number of pyridine rings is 1. The first kappa shape index (κ1) is 16.9. The second kappa shape index (κ2) is 11.6. The highest BCUT2D eigenvalue weighted by Gasteiger charge is 1.98. The van der Waals surface area contributed by atoms with Gasteiger partial charge in [0.05, 0.1) is 33.0 Å². The maximum Gasteiger partial charge on any atom is 0.126 e. The molecule has 0 spiro atoms. The van der Waals surface area contributed by atoms with Gasteiger partial charge in [0.2, 0.25) is 0 Å². The van der Waals surface area contributed by atoms with Crippen LogP contribution in [0.4, 0.5) is 5.82 Å².